The molecular formula is C6H11NO3. The van der Waals surface area contributed by atoms with Crippen LogP contribution < -0.4 is 5.32 Å². The molecule has 0 aliphatic carbocycles. The van der Waals surface area contributed by atoms with Gasteiger partial charge < -0.3 is 10.4 Å². The first-order chi connectivity index (χ1) is 4.57. The number of rotatable bonds is 3. The van der Waals surface area contributed by atoms with Crippen LogP contribution >= 0.6 is 0 Å². The van der Waals surface area contributed by atoms with Gasteiger partial charge >= 0.3 is 5.97 Å². The van der Waals surface area contributed by atoms with Gasteiger partial charge in [-0.3, -0.25) is 9.59 Å². The fourth-order valence-electron chi connectivity index (χ4n) is 0.601. The Hall–Kier alpha value is -1.06. The number of hydrogen-bond donors (Lipinski definition) is 2. The van der Waals surface area contributed by atoms with E-state index in [1.807, 2.05) is 0 Å². The molecule has 58 valence electrons. The van der Waals surface area contributed by atoms with Gasteiger partial charge in [-0.15, -0.1) is 0 Å². The monoisotopic (exact) mass is 145 g/mol. The maximum Gasteiger partial charge on any atom is 0.304 e. The summed E-state index contributed by atoms with van der Waals surface area (Å²) in [5.41, 5.74) is 0. The minimum atomic E-state index is -0.948. The molecule has 0 fully saturated rings. The smallest absolute Gasteiger partial charge is 0.304 e. The third-order valence-electron chi connectivity index (χ3n) is 1.17. The molecule has 0 bridgehead atoms. The highest BCUT2D eigenvalue weighted by molar-refractivity contribution is 5.82. The van der Waals surface area contributed by atoms with E-state index >= 15 is 0 Å². The minimum absolute atomic E-state index is 0.111. The molecule has 0 aromatic heterocycles. The summed E-state index contributed by atoms with van der Waals surface area (Å²) in [5.74, 6) is -1.62. The first-order valence-corrected chi connectivity index (χ1v) is 3.01. The molecule has 0 rings (SSSR count). The van der Waals surface area contributed by atoms with E-state index in [0.717, 1.165) is 0 Å². The maximum absolute atomic E-state index is 10.7. The summed E-state index contributed by atoms with van der Waals surface area (Å²) in [6.45, 7) is 1.58. The van der Waals surface area contributed by atoms with Crippen molar-refractivity contribution in [2.45, 2.75) is 13.3 Å². The molecule has 2 N–H and O–H groups in total. The predicted molar refractivity (Wildman–Crippen MR) is 35.5 cm³/mol. The van der Waals surface area contributed by atoms with Crippen LogP contribution in [0.2, 0.25) is 0 Å². The third-order valence-corrected chi connectivity index (χ3v) is 1.17. The van der Waals surface area contributed by atoms with Crippen molar-refractivity contribution in [3.63, 3.8) is 0 Å². The Bertz CT molecular complexity index is 144. The lowest BCUT2D eigenvalue weighted by Crippen LogP contribution is -2.26. The summed E-state index contributed by atoms with van der Waals surface area (Å²) in [5, 5.41) is 10.6. The van der Waals surface area contributed by atoms with Crippen molar-refractivity contribution in [1.29, 1.82) is 0 Å². The quantitative estimate of drug-likeness (QED) is 0.580. The van der Waals surface area contributed by atoms with E-state index in [0.29, 0.717) is 0 Å². The maximum atomic E-state index is 10.7. The molecule has 0 spiro atoms. The van der Waals surface area contributed by atoms with Crippen molar-refractivity contribution in [2.24, 2.45) is 5.92 Å². The summed E-state index contributed by atoms with van der Waals surface area (Å²) < 4.78 is 0. The SMILES string of the molecule is CNC(=O)C(C)CC(=O)O. The molecule has 10 heavy (non-hydrogen) atoms. The molecule has 4 nitrogen and oxygen atoms in total. The summed E-state index contributed by atoms with van der Waals surface area (Å²) in [6, 6.07) is 0. The lowest BCUT2D eigenvalue weighted by molar-refractivity contribution is -0.140. The third kappa shape index (κ3) is 3.06. The number of hydrogen-bond acceptors (Lipinski definition) is 2. The van der Waals surface area contributed by atoms with E-state index in [1.54, 1.807) is 6.92 Å². The average Bonchev–Trinajstić information content (AvgIpc) is 1.85. The van der Waals surface area contributed by atoms with Crippen LogP contribution in [-0.4, -0.2) is 24.0 Å². The Morgan fingerprint density at radius 3 is 2.40 bits per heavy atom. The molecular weight excluding hydrogens is 134 g/mol. The van der Waals surface area contributed by atoms with E-state index in [2.05, 4.69) is 5.32 Å². The van der Waals surface area contributed by atoms with E-state index in [4.69, 9.17) is 5.11 Å². The number of amides is 1. The Morgan fingerprint density at radius 2 is 2.10 bits per heavy atom. The molecule has 1 unspecified atom stereocenters. The summed E-state index contributed by atoms with van der Waals surface area (Å²) >= 11 is 0. The van der Waals surface area contributed by atoms with Gasteiger partial charge in [-0.25, -0.2) is 0 Å². The molecule has 0 aromatic carbocycles. The van der Waals surface area contributed by atoms with Crippen LogP contribution in [0, 0.1) is 5.92 Å². The van der Waals surface area contributed by atoms with Crippen LogP contribution in [0.25, 0.3) is 0 Å². The highest BCUT2D eigenvalue weighted by Gasteiger charge is 2.13. The van der Waals surface area contributed by atoms with Crippen molar-refractivity contribution < 1.29 is 14.7 Å². The Morgan fingerprint density at radius 1 is 1.60 bits per heavy atom. The van der Waals surface area contributed by atoms with Crippen LogP contribution in [0.4, 0.5) is 0 Å². The molecule has 0 aliphatic rings. The molecule has 0 aromatic rings. The lowest BCUT2D eigenvalue weighted by atomic mass is 10.1. The van der Waals surface area contributed by atoms with Crippen molar-refractivity contribution in [2.75, 3.05) is 7.05 Å². The minimum Gasteiger partial charge on any atom is -0.481 e. The first kappa shape index (κ1) is 8.94. The second-order valence-corrected chi connectivity index (χ2v) is 2.11. The Balaban J connectivity index is 3.72. The summed E-state index contributed by atoms with van der Waals surface area (Å²) in [4.78, 5) is 20.7. The first-order valence-electron chi connectivity index (χ1n) is 3.01. The Kier molecular flexibility index (Phi) is 3.46. The number of nitrogens with one attached hydrogen (secondary N) is 1. The van der Waals surface area contributed by atoms with Crippen molar-refractivity contribution in [3.05, 3.63) is 0 Å². The van der Waals surface area contributed by atoms with E-state index < -0.39 is 11.9 Å². The van der Waals surface area contributed by atoms with Gasteiger partial charge in [0.25, 0.3) is 0 Å². The molecule has 0 heterocycles. The highest BCUT2D eigenvalue weighted by Crippen LogP contribution is 1.99. The van der Waals surface area contributed by atoms with Gasteiger partial charge in [0, 0.05) is 13.0 Å². The second-order valence-electron chi connectivity index (χ2n) is 2.11. The largest absolute Gasteiger partial charge is 0.481 e. The van der Waals surface area contributed by atoms with Crippen LogP contribution in [-0.2, 0) is 9.59 Å². The molecule has 0 saturated heterocycles. The van der Waals surface area contributed by atoms with Crippen LogP contribution in [0.3, 0.4) is 0 Å². The molecule has 1 atom stereocenters. The Labute approximate surface area is 59.2 Å². The van der Waals surface area contributed by atoms with Gasteiger partial charge in [-0.2, -0.15) is 0 Å². The van der Waals surface area contributed by atoms with Gasteiger partial charge in [-0.05, 0) is 0 Å². The van der Waals surface area contributed by atoms with Crippen molar-refractivity contribution >= 4 is 11.9 Å². The highest BCUT2D eigenvalue weighted by atomic mass is 16.4. The van der Waals surface area contributed by atoms with Gasteiger partial charge in [-0.1, -0.05) is 6.92 Å². The zero-order valence-electron chi connectivity index (χ0n) is 6.05. The number of carbonyl (C=O) groups excluding carboxylic acids is 1. The second kappa shape index (κ2) is 3.87. The molecule has 4 heteroatoms. The van der Waals surface area contributed by atoms with Crippen molar-refractivity contribution in [1.82, 2.24) is 5.32 Å². The fraction of sp³-hybridized carbons (Fsp3) is 0.667. The van der Waals surface area contributed by atoms with Gasteiger partial charge in [0.15, 0.2) is 0 Å². The zero-order chi connectivity index (χ0) is 8.15. The van der Waals surface area contributed by atoms with Crippen LogP contribution in [0.1, 0.15) is 13.3 Å². The van der Waals surface area contributed by atoms with E-state index in [-0.39, 0.29) is 12.3 Å². The van der Waals surface area contributed by atoms with Gasteiger partial charge in [0.2, 0.25) is 5.91 Å². The molecule has 0 saturated carbocycles. The standard InChI is InChI=1S/C6H11NO3/c1-4(3-5(8)9)6(10)7-2/h4H,3H2,1-2H3,(H,7,10)(H,8,9). The number of aliphatic carboxylic acids is 1. The predicted octanol–water partition coefficient (Wildman–Crippen LogP) is -0.157. The van der Waals surface area contributed by atoms with Crippen LogP contribution in [0.5, 0.6) is 0 Å². The van der Waals surface area contributed by atoms with Gasteiger partial charge in [0.05, 0.1) is 6.42 Å². The summed E-state index contributed by atoms with van der Waals surface area (Å²) in [6.07, 6.45) is -0.111. The average molecular weight is 145 g/mol. The molecule has 0 radical (unpaired) electrons. The molecule has 1 amide bonds. The normalized spacial score (nSPS) is 12.2. The zero-order valence-corrected chi connectivity index (χ0v) is 6.05. The number of carboxylic acids is 1. The van der Waals surface area contributed by atoms with E-state index in [9.17, 15) is 9.59 Å². The number of carboxylic acid groups (broad SMARTS) is 1. The lowest BCUT2D eigenvalue weighted by Gasteiger charge is -2.04. The topological polar surface area (TPSA) is 66.4 Å². The summed E-state index contributed by atoms with van der Waals surface area (Å²) in [7, 11) is 1.49. The fourth-order valence-corrected chi connectivity index (χ4v) is 0.601. The van der Waals surface area contributed by atoms with Crippen LogP contribution in [0.15, 0.2) is 0 Å². The van der Waals surface area contributed by atoms with Crippen molar-refractivity contribution in [3.8, 4) is 0 Å². The van der Waals surface area contributed by atoms with E-state index in [1.165, 1.54) is 7.05 Å². The van der Waals surface area contributed by atoms with Gasteiger partial charge in [0.1, 0.15) is 0 Å². The number of carbonyl (C=O) groups is 2. The molecule has 0 aliphatic heterocycles.